The second-order valence-corrected chi connectivity index (χ2v) is 5.57. The molecule has 0 aliphatic rings. The van der Waals surface area contributed by atoms with Gasteiger partial charge < -0.3 is 4.90 Å². The highest BCUT2D eigenvalue weighted by atomic mass is 16.2. The highest BCUT2D eigenvalue weighted by Crippen LogP contribution is 2.14. The van der Waals surface area contributed by atoms with E-state index in [9.17, 15) is 4.79 Å². The van der Waals surface area contributed by atoms with Crippen LogP contribution in [0.3, 0.4) is 0 Å². The van der Waals surface area contributed by atoms with Gasteiger partial charge in [-0.15, -0.1) is 0 Å². The van der Waals surface area contributed by atoms with E-state index in [1.807, 2.05) is 37.4 Å². The van der Waals surface area contributed by atoms with Crippen molar-refractivity contribution in [1.82, 2.24) is 14.9 Å². The Labute approximate surface area is 125 Å². The maximum absolute atomic E-state index is 12.3. The fraction of sp³-hybridized carbons (Fsp3) is 0.353. The molecule has 4 nitrogen and oxygen atoms in total. The van der Waals surface area contributed by atoms with E-state index in [1.165, 1.54) is 0 Å². The van der Waals surface area contributed by atoms with Crippen molar-refractivity contribution in [2.24, 2.45) is 5.92 Å². The lowest BCUT2D eigenvalue weighted by atomic mass is 10.1. The third-order valence-corrected chi connectivity index (χ3v) is 3.32. The molecule has 2 rings (SSSR count). The summed E-state index contributed by atoms with van der Waals surface area (Å²) in [4.78, 5) is 22.6. The maximum atomic E-state index is 12.3. The molecule has 0 saturated carbocycles. The standard InChI is InChI=1S/C17H21N3O/c1-13(2)9-10-20(3)17(21)15-11-18-16(19-12-15)14-7-5-4-6-8-14/h4-8,11-13H,9-10H2,1-3H3. The minimum Gasteiger partial charge on any atom is -0.342 e. The van der Waals surface area contributed by atoms with Crippen molar-refractivity contribution < 1.29 is 4.79 Å². The zero-order chi connectivity index (χ0) is 15.2. The topological polar surface area (TPSA) is 46.1 Å². The zero-order valence-electron chi connectivity index (χ0n) is 12.8. The normalized spacial score (nSPS) is 10.7. The second kappa shape index (κ2) is 6.97. The fourth-order valence-corrected chi connectivity index (χ4v) is 1.95. The largest absolute Gasteiger partial charge is 0.342 e. The first kappa shape index (κ1) is 15.2. The molecular formula is C17H21N3O. The van der Waals surface area contributed by atoms with Crippen molar-refractivity contribution in [3.63, 3.8) is 0 Å². The van der Waals surface area contributed by atoms with Gasteiger partial charge in [0.1, 0.15) is 0 Å². The van der Waals surface area contributed by atoms with Crippen LogP contribution in [0.5, 0.6) is 0 Å². The van der Waals surface area contributed by atoms with Crippen molar-refractivity contribution >= 4 is 5.91 Å². The summed E-state index contributed by atoms with van der Waals surface area (Å²) in [6.45, 7) is 5.04. The molecule has 0 saturated heterocycles. The summed E-state index contributed by atoms with van der Waals surface area (Å²) < 4.78 is 0. The maximum Gasteiger partial charge on any atom is 0.256 e. The summed E-state index contributed by atoms with van der Waals surface area (Å²) >= 11 is 0. The molecule has 0 radical (unpaired) electrons. The van der Waals surface area contributed by atoms with Crippen LogP contribution in [0, 0.1) is 5.92 Å². The number of carbonyl (C=O) groups is 1. The minimum atomic E-state index is -0.0322. The first-order chi connectivity index (χ1) is 10.1. The molecule has 0 fully saturated rings. The van der Waals surface area contributed by atoms with Gasteiger partial charge in [0.2, 0.25) is 0 Å². The van der Waals surface area contributed by atoms with E-state index in [0.717, 1.165) is 18.5 Å². The molecule has 0 aliphatic carbocycles. The van der Waals surface area contributed by atoms with Gasteiger partial charge in [0, 0.05) is 31.5 Å². The highest BCUT2D eigenvalue weighted by molar-refractivity contribution is 5.93. The SMILES string of the molecule is CC(C)CCN(C)C(=O)c1cnc(-c2ccccc2)nc1. The lowest BCUT2D eigenvalue weighted by molar-refractivity contribution is 0.0788. The van der Waals surface area contributed by atoms with Crippen molar-refractivity contribution in [3.05, 3.63) is 48.3 Å². The number of aromatic nitrogens is 2. The molecule has 1 heterocycles. The van der Waals surface area contributed by atoms with Crippen LogP contribution in [-0.4, -0.2) is 34.4 Å². The summed E-state index contributed by atoms with van der Waals surface area (Å²) in [5.74, 6) is 1.18. The van der Waals surface area contributed by atoms with Gasteiger partial charge in [-0.2, -0.15) is 0 Å². The third-order valence-electron chi connectivity index (χ3n) is 3.32. The Kier molecular flexibility index (Phi) is 5.04. The van der Waals surface area contributed by atoms with Crippen LogP contribution < -0.4 is 0 Å². The van der Waals surface area contributed by atoms with E-state index >= 15 is 0 Å². The van der Waals surface area contributed by atoms with Crippen LogP contribution in [0.4, 0.5) is 0 Å². The molecule has 110 valence electrons. The lowest BCUT2D eigenvalue weighted by Gasteiger charge is -2.18. The van der Waals surface area contributed by atoms with Crippen molar-refractivity contribution in [2.75, 3.05) is 13.6 Å². The number of benzene rings is 1. The van der Waals surface area contributed by atoms with Gasteiger partial charge in [-0.25, -0.2) is 9.97 Å². The Morgan fingerprint density at radius 3 is 2.33 bits per heavy atom. The molecule has 0 atom stereocenters. The predicted molar refractivity (Wildman–Crippen MR) is 83.9 cm³/mol. The van der Waals surface area contributed by atoms with E-state index in [1.54, 1.807) is 17.3 Å². The Balaban J connectivity index is 2.06. The summed E-state index contributed by atoms with van der Waals surface area (Å²) in [7, 11) is 1.82. The molecule has 0 bridgehead atoms. The van der Waals surface area contributed by atoms with Gasteiger partial charge in [-0.05, 0) is 12.3 Å². The molecule has 0 N–H and O–H groups in total. The van der Waals surface area contributed by atoms with Gasteiger partial charge in [0.25, 0.3) is 5.91 Å². The number of amides is 1. The molecular weight excluding hydrogens is 262 g/mol. The van der Waals surface area contributed by atoms with Gasteiger partial charge in [-0.3, -0.25) is 4.79 Å². The Bertz CT molecular complexity index is 579. The van der Waals surface area contributed by atoms with Crippen molar-refractivity contribution in [3.8, 4) is 11.4 Å². The van der Waals surface area contributed by atoms with Crippen molar-refractivity contribution in [1.29, 1.82) is 0 Å². The van der Waals surface area contributed by atoms with Gasteiger partial charge >= 0.3 is 0 Å². The van der Waals surface area contributed by atoms with Crippen LogP contribution >= 0.6 is 0 Å². The van der Waals surface area contributed by atoms with Crippen LogP contribution in [0.1, 0.15) is 30.6 Å². The average Bonchev–Trinajstić information content (AvgIpc) is 2.53. The Morgan fingerprint density at radius 2 is 1.76 bits per heavy atom. The van der Waals surface area contributed by atoms with E-state index in [-0.39, 0.29) is 5.91 Å². The number of hydrogen-bond donors (Lipinski definition) is 0. The highest BCUT2D eigenvalue weighted by Gasteiger charge is 2.13. The quantitative estimate of drug-likeness (QED) is 0.846. The van der Waals surface area contributed by atoms with Gasteiger partial charge in [0.15, 0.2) is 5.82 Å². The molecule has 1 amide bonds. The summed E-state index contributed by atoms with van der Waals surface area (Å²) in [5, 5.41) is 0. The van der Waals surface area contributed by atoms with Gasteiger partial charge in [-0.1, -0.05) is 44.2 Å². The van der Waals surface area contributed by atoms with E-state index in [0.29, 0.717) is 17.3 Å². The first-order valence-corrected chi connectivity index (χ1v) is 7.21. The number of rotatable bonds is 5. The molecule has 0 spiro atoms. The van der Waals surface area contributed by atoms with Crippen molar-refractivity contribution in [2.45, 2.75) is 20.3 Å². The molecule has 2 aromatic rings. The summed E-state index contributed by atoms with van der Waals surface area (Å²) in [5.41, 5.74) is 1.48. The minimum absolute atomic E-state index is 0.0322. The second-order valence-electron chi connectivity index (χ2n) is 5.57. The third kappa shape index (κ3) is 4.12. The molecule has 21 heavy (non-hydrogen) atoms. The molecule has 1 aromatic heterocycles. The molecule has 1 aromatic carbocycles. The fourth-order valence-electron chi connectivity index (χ4n) is 1.95. The monoisotopic (exact) mass is 283 g/mol. The predicted octanol–water partition coefficient (Wildman–Crippen LogP) is 3.26. The van der Waals surface area contributed by atoms with E-state index < -0.39 is 0 Å². The van der Waals surface area contributed by atoms with Crippen LogP contribution in [-0.2, 0) is 0 Å². The summed E-state index contributed by atoms with van der Waals surface area (Å²) in [6, 6.07) is 9.73. The molecule has 0 unspecified atom stereocenters. The molecule has 4 heteroatoms. The lowest BCUT2D eigenvalue weighted by Crippen LogP contribution is -2.28. The van der Waals surface area contributed by atoms with E-state index in [2.05, 4.69) is 23.8 Å². The van der Waals surface area contributed by atoms with Gasteiger partial charge in [0.05, 0.1) is 5.56 Å². The zero-order valence-corrected chi connectivity index (χ0v) is 12.8. The number of carbonyl (C=O) groups excluding carboxylic acids is 1. The first-order valence-electron chi connectivity index (χ1n) is 7.21. The smallest absolute Gasteiger partial charge is 0.256 e. The number of nitrogens with zero attached hydrogens (tertiary/aromatic N) is 3. The Morgan fingerprint density at radius 1 is 1.14 bits per heavy atom. The Hall–Kier alpha value is -2.23. The average molecular weight is 283 g/mol. The number of hydrogen-bond acceptors (Lipinski definition) is 3. The summed E-state index contributed by atoms with van der Waals surface area (Å²) in [6.07, 6.45) is 4.19. The van der Waals surface area contributed by atoms with Crippen LogP contribution in [0.15, 0.2) is 42.7 Å². The van der Waals surface area contributed by atoms with Crippen LogP contribution in [0.25, 0.3) is 11.4 Å². The van der Waals surface area contributed by atoms with Crippen LogP contribution in [0.2, 0.25) is 0 Å². The molecule has 0 aliphatic heterocycles. The van der Waals surface area contributed by atoms with E-state index in [4.69, 9.17) is 0 Å².